The van der Waals surface area contributed by atoms with E-state index in [1.54, 1.807) is 6.92 Å². The van der Waals surface area contributed by atoms with Crippen LogP contribution in [0, 0.1) is 0 Å². The van der Waals surface area contributed by atoms with Gasteiger partial charge < -0.3 is 1.43 Å². The summed E-state index contributed by atoms with van der Waals surface area (Å²) in [6.07, 6.45) is 13.4. The molecular formula is C15H33NaO5S. The van der Waals surface area contributed by atoms with Crippen LogP contribution in [0.25, 0.3) is 0 Å². The summed E-state index contributed by atoms with van der Waals surface area (Å²) in [6, 6.07) is 0. The van der Waals surface area contributed by atoms with Crippen molar-refractivity contribution < 1.29 is 52.8 Å². The van der Waals surface area contributed by atoms with Gasteiger partial charge in [-0.2, -0.15) is 8.42 Å². The molecular weight excluding hydrogens is 315 g/mol. The van der Waals surface area contributed by atoms with E-state index in [1.807, 2.05) is 0 Å². The van der Waals surface area contributed by atoms with Crippen molar-refractivity contribution in [2.45, 2.75) is 84.5 Å². The minimum atomic E-state index is -3.98. The molecule has 0 amide bonds. The fourth-order valence-corrected chi connectivity index (χ4v) is 2.63. The molecule has 22 heavy (non-hydrogen) atoms. The third-order valence-corrected chi connectivity index (χ3v) is 3.94. The molecule has 0 atom stereocenters. The Morgan fingerprint density at radius 2 is 1.23 bits per heavy atom. The van der Waals surface area contributed by atoms with Gasteiger partial charge in [-0.25, -0.2) is 9.07 Å². The summed E-state index contributed by atoms with van der Waals surface area (Å²) in [5.41, 5.74) is 0. The Kier molecular flexibility index (Phi) is 20.7. The van der Waals surface area contributed by atoms with Crippen LogP contribution in [0.3, 0.4) is 0 Å². The molecule has 7 heteroatoms. The van der Waals surface area contributed by atoms with Crippen LogP contribution in [0.2, 0.25) is 0 Å². The molecule has 0 heterocycles. The maximum absolute atomic E-state index is 11.1. The van der Waals surface area contributed by atoms with Gasteiger partial charge in [-0.1, -0.05) is 75.5 Å². The Balaban J connectivity index is -0.00000200. The molecule has 0 radical (unpaired) electrons. The van der Waals surface area contributed by atoms with E-state index in [9.17, 15) is 8.42 Å². The van der Waals surface area contributed by atoms with Gasteiger partial charge in [0.25, 0.3) is 0 Å². The van der Waals surface area contributed by atoms with Crippen LogP contribution >= 0.6 is 0 Å². The smallest absolute Gasteiger partial charge is 1.00 e. The zero-order valence-corrected chi connectivity index (χ0v) is 17.5. The maximum Gasteiger partial charge on any atom is 1.00 e. The summed E-state index contributed by atoms with van der Waals surface area (Å²) in [7, 11) is -3.98. The van der Waals surface area contributed by atoms with Crippen molar-refractivity contribution in [2.24, 2.45) is 0 Å². The van der Waals surface area contributed by atoms with Gasteiger partial charge in [0.05, 0.1) is 13.2 Å². The Labute approximate surface area is 160 Å². The summed E-state index contributed by atoms with van der Waals surface area (Å²) < 4.78 is 31.0. The largest absolute Gasteiger partial charge is 1.00 e. The molecule has 0 aliphatic carbocycles. The quantitative estimate of drug-likeness (QED) is 0.184. The molecule has 0 aliphatic heterocycles. The van der Waals surface area contributed by atoms with Crippen LogP contribution in [0.15, 0.2) is 0 Å². The molecule has 0 rings (SSSR count). The van der Waals surface area contributed by atoms with Crippen LogP contribution in [0.5, 0.6) is 0 Å². The molecule has 0 aliphatic rings. The van der Waals surface area contributed by atoms with Gasteiger partial charge in [0, 0.05) is 0 Å². The average Bonchev–Trinajstić information content (AvgIpc) is 2.46. The predicted octanol–water partition coefficient (Wildman–Crippen LogP) is 1.64. The third kappa shape index (κ3) is 18.9. The monoisotopic (exact) mass is 348 g/mol. The van der Waals surface area contributed by atoms with Crippen molar-refractivity contribution in [1.29, 1.82) is 0 Å². The number of unbranched alkanes of at least 4 members (excludes halogenated alkanes) is 10. The molecule has 0 unspecified atom stereocenters. The topological polar surface area (TPSA) is 61.8 Å². The van der Waals surface area contributed by atoms with E-state index >= 15 is 0 Å². The first-order chi connectivity index (χ1) is 10.1. The molecule has 0 bridgehead atoms. The summed E-state index contributed by atoms with van der Waals surface area (Å²) in [5, 5.41) is 0. The van der Waals surface area contributed by atoms with Crippen molar-refractivity contribution in [1.82, 2.24) is 0 Å². The zero-order valence-electron chi connectivity index (χ0n) is 15.6. The summed E-state index contributed by atoms with van der Waals surface area (Å²) >= 11 is 0. The first kappa shape index (κ1) is 25.1. The van der Waals surface area contributed by atoms with Crippen molar-refractivity contribution in [3.05, 3.63) is 0 Å². The second-order valence-electron chi connectivity index (χ2n) is 5.24. The molecule has 0 saturated carbocycles. The molecule has 130 valence electrons. The first-order valence-corrected chi connectivity index (χ1v) is 9.66. The van der Waals surface area contributed by atoms with Crippen molar-refractivity contribution in [3.8, 4) is 0 Å². The molecule has 5 nitrogen and oxygen atoms in total. The van der Waals surface area contributed by atoms with Gasteiger partial charge in [0.1, 0.15) is 0 Å². The van der Waals surface area contributed by atoms with Crippen LogP contribution < -0.4 is 29.6 Å². The fraction of sp³-hybridized carbons (Fsp3) is 1.00. The normalized spacial score (nSPS) is 11.4. The van der Waals surface area contributed by atoms with Crippen LogP contribution in [-0.4, -0.2) is 21.6 Å². The SMILES string of the molecule is CCCCCCCCCCCCCOS(=O)(=O)OOCC.[H-].[Na+]. The number of rotatable bonds is 16. The van der Waals surface area contributed by atoms with E-state index in [2.05, 4.69) is 20.3 Å². The van der Waals surface area contributed by atoms with E-state index in [0.29, 0.717) is 0 Å². The second kappa shape index (κ2) is 18.2. The van der Waals surface area contributed by atoms with E-state index in [0.717, 1.165) is 19.3 Å². The molecule has 0 saturated heterocycles. The van der Waals surface area contributed by atoms with Crippen molar-refractivity contribution >= 4 is 10.4 Å². The van der Waals surface area contributed by atoms with E-state index in [4.69, 9.17) is 0 Å². The van der Waals surface area contributed by atoms with Gasteiger partial charge >= 0.3 is 40.0 Å². The standard InChI is InChI=1S/C15H32O5S.Na.H/c1-3-5-6-7-8-9-10-11-12-13-14-15-19-21(16,17)20-18-4-2;;/h3-15H2,1-2H3;;/q;+1;-1. The minimum Gasteiger partial charge on any atom is -1.00 e. The molecule has 0 fully saturated rings. The Hall–Kier alpha value is 0.830. The summed E-state index contributed by atoms with van der Waals surface area (Å²) in [5.74, 6) is 0. The van der Waals surface area contributed by atoms with Crippen molar-refractivity contribution in [2.75, 3.05) is 13.2 Å². The zero-order chi connectivity index (χ0) is 15.8. The maximum atomic E-state index is 11.1. The van der Waals surface area contributed by atoms with Gasteiger partial charge in [-0.15, -0.1) is 0 Å². The van der Waals surface area contributed by atoms with Crippen molar-refractivity contribution in [3.63, 3.8) is 0 Å². The van der Waals surface area contributed by atoms with Gasteiger partial charge in [0.2, 0.25) is 0 Å². The van der Waals surface area contributed by atoms with E-state index < -0.39 is 10.4 Å². The fourth-order valence-electron chi connectivity index (χ4n) is 2.05. The van der Waals surface area contributed by atoms with Gasteiger partial charge in [0.15, 0.2) is 0 Å². The molecule has 0 spiro atoms. The number of hydrogen-bond acceptors (Lipinski definition) is 5. The van der Waals surface area contributed by atoms with E-state index in [1.165, 1.54) is 51.4 Å². The molecule has 0 aromatic rings. The molecule has 0 aromatic heterocycles. The van der Waals surface area contributed by atoms with Crippen LogP contribution in [0.4, 0.5) is 0 Å². The van der Waals surface area contributed by atoms with E-state index in [-0.39, 0.29) is 44.2 Å². The minimum absolute atomic E-state index is 0. The van der Waals surface area contributed by atoms with Gasteiger partial charge in [-0.3, -0.25) is 0 Å². The second-order valence-corrected chi connectivity index (χ2v) is 6.43. The first-order valence-electron chi connectivity index (χ1n) is 8.32. The predicted molar refractivity (Wildman–Crippen MR) is 85.2 cm³/mol. The summed E-state index contributed by atoms with van der Waals surface area (Å²) in [4.78, 5) is 4.34. The average molecular weight is 348 g/mol. The Morgan fingerprint density at radius 1 is 0.773 bits per heavy atom. The van der Waals surface area contributed by atoms with Gasteiger partial charge in [-0.05, 0) is 13.3 Å². The third-order valence-electron chi connectivity index (χ3n) is 3.22. The van der Waals surface area contributed by atoms with Crippen LogP contribution in [-0.2, 0) is 23.8 Å². The summed E-state index contributed by atoms with van der Waals surface area (Å²) in [6.45, 7) is 4.20. The number of hydrogen-bond donors (Lipinski definition) is 0. The molecule has 0 N–H and O–H groups in total. The molecule has 0 aromatic carbocycles. The van der Waals surface area contributed by atoms with Crippen LogP contribution in [0.1, 0.15) is 85.9 Å². The Morgan fingerprint density at radius 3 is 1.68 bits per heavy atom. The Bertz CT molecular complexity index is 315.